The van der Waals surface area contributed by atoms with Crippen molar-refractivity contribution in [3.63, 3.8) is 0 Å². The van der Waals surface area contributed by atoms with Crippen molar-refractivity contribution in [2.24, 2.45) is 0 Å². The zero-order valence-corrected chi connectivity index (χ0v) is 14.5. The van der Waals surface area contributed by atoms with Gasteiger partial charge in [0, 0.05) is 41.0 Å². The van der Waals surface area contributed by atoms with Crippen LogP contribution in [0.3, 0.4) is 0 Å². The molecular formula is C18H22F3N3O2. The molecule has 3 N–H and O–H groups in total. The predicted octanol–water partition coefficient (Wildman–Crippen LogP) is 2.92. The second-order valence-electron chi connectivity index (χ2n) is 6.97. The normalized spacial score (nSPS) is 25.8. The number of benzene rings is 1. The number of alkyl halides is 3. The molecule has 1 aromatic carbocycles. The topological polar surface area (TPSA) is 67.6 Å². The molecule has 26 heavy (non-hydrogen) atoms. The fraction of sp³-hybridized carbons (Fsp3) is 0.500. The summed E-state index contributed by atoms with van der Waals surface area (Å²) in [4.78, 5) is 14.9. The minimum absolute atomic E-state index is 0.00958. The fourth-order valence-electron chi connectivity index (χ4n) is 3.94. The van der Waals surface area contributed by atoms with Crippen molar-refractivity contribution in [2.45, 2.75) is 50.2 Å². The Kier molecular flexibility index (Phi) is 4.88. The number of rotatable bonds is 4. The number of hydrogen-bond donors (Lipinski definition) is 2. The Morgan fingerprint density at radius 2 is 1.92 bits per heavy atom. The zero-order valence-electron chi connectivity index (χ0n) is 14.5. The maximum absolute atomic E-state index is 12.5. The van der Waals surface area contributed by atoms with Gasteiger partial charge < -0.3 is 20.7 Å². The summed E-state index contributed by atoms with van der Waals surface area (Å²) in [7, 11) is 2.12. The Morgan fingerprint density at radius 3 is 2.46 bits per heavy atom. The van der Waals surface area contributed by atoms with Gasteiger partial charge in [-0.2, -0.15) is 0 Å². The zero-order chi connectivity index (χ0) is 19.1. The van der Waals surface area contributed by atoms with E-state index in [-0.39, 0.29) is 23.2 Å². The van der Waals surface area contributed by atoms with Gasteiger partial charge in [0.05, 0.1) is 0 Å². The number of carbonyl (C=O) groups is 1. The third-order valence-electron chi connectivity index (χ3n) is 5.29. The first-order chi connectivity index (χ1) is 12.1. The Balaban J connectivity index is 1.64. The van der Waals surface area contributed by atoms with Crippen LogP contribution in [-0.4, -0.2) is 42.3 Å². The molecule has 0 aromatic heterocycles. The molecule has 2 saturated heterocycles. The largest absolute Gasteiger partial charge is 0.573 e. The highest BCUT2D eigenvalue weighted by Gasteiger charge is 2.39. The monoisotopic (exact) mass is 369 g/mol. The smallest absolute Gasteiger partial charge is 0.406 e. The predicted molar refractivity (Wildman–Crippen MR) is 92.3 cm³/mol. The third-order valence-corrected chi connectivity index (χ3v) is 5.29. The standard InChI is InChI=1S/C18H22F3N3O2/c1-10(15-6-5-14(9-16(15)22)26-18(19,20)21)17(25)23-11-7-12-3-4-13(8-11)24(12)2/h5-6,9,11-13H,1,3-4,7-8,22H2,2H3,(H,23,25). The maximum Gasteiger partial charge on any atom is 0.573 e. The minimum Gasteiger partial charge on any atom is -0.406 e. The van der Waals surface area contributed by atoms with Crippen LogP contribution in [0.4, 0.5) is 18.9 Å². The van der Waals surface area contributed by atoms with Crippen molar-refractivity contribution in [2.75, 3.05) is 12.8 Å². The van der Waals surface area contributed by atoms with Crippen LogP contribution in [0.1, 0.15) is 31.2 Å². The van der Waals surface area contributed by atoms with Crippen molar-refractivity contribution in [1.82, 2.24) is 10.2 Å². The summed E-state index contributed by atoms with van der Waals surface area (Å²) >= 11 is 0. The number of carbonyl (C=O) groups excluding carboxylic acids is 1. The number of nitrogens with zero attached hydrogens (tertiary/aromatic N) is 1. The molecule has 2 unspecified atom stereocenters. The van der Waals surface area contributed by atoms with E-state index >= 15 is 0 Å². The van der Waals surface area contributed by atoms with Gasteiger partial charge in [-0.25, -0.2) is 0 Å². The summed E-state index contributed by atoms with van der Waals surface area (Å²) in [6.45, 7) is 3.76. The van der Waals surface area contributed by atoms with Crippen LogP contribution in [-0.2, 0) is 4.79 Å². The first kappa shape index (κ1) is 18.6. The van der Waals surface area contributed by atoms with Crippen LogP contribution in [0, 0.1) is 0 Å². The highest BCUT2D eigenvalue weighted by atomic mass is 19.4. The number of amides is 1. The Labute approximate surface area is 150 Å². The second-order valence-corrected chi connectivity index (χ2v) is 6.97. The molecule has 1 aromatic rings. The SMILES string of the molecule is C=C(C(=O)NC1CC2CCC(C1)N2C)c1ccc(OC(F)(F)F)cc1N. The van der Waals surface area contributed by atoms with E-state index in [1.807, 2.05) is 0 Å². The van der Waals surface area contributed by atoms with E-state index in [0.29, 0.717) is 17.6 Å². The molecule has 0 spiro atoms. The summed E-state index contributed by atoms with van der Waals surface area (Å²) in [6.07, 6.45) is -0.736. The van der Waals surface area contributed by atoms with Crippen molar-refractivity contribution in [3.8, 4) is 5.75 Å². The molecule has 2 fully saturated rings. The van der Waals surface area contributed by atoms with Gasteiger partial charge >= 0.3 is 6.36 Å². The number of nitrogens with two attached hydrogens (primary N) is 1. The molecule has 0 aliphatic carbocycles. The van der Waals surface area contributed by atoms with Gasteiger partial charge in [0.2, 0.25) is 0 Å². The molecule has 2 heterocycles. The molecule has 5 nitrogen and oxygen atoms in total. The molecular weight excluding hydrogens is 347 g/mol. The Bertz CT molecular complexity index is 706. The number of piperidine rings is 1. The number of ether oxygens (including phenoxy) is 1. The molecule has 2 atom stereocenters. The summed E-state index contributed by atoms with van der Waals surface area (Å²) in [5.41, 5.74) is 6.23. The number of anilines is 1. The van der Waals surface area contributed by atoms with Crippen LogP contribution < -0.4 is 15.8 Å². The summed E-state index contributed by atoms with van der Waals surface area (Å²) in [6, 6.07) is 4.51. The highest BCUT2D eigenvalue weighted by molar-refractivity contribution is 6.20. The van der Waals surface area contributed by atoms with Gasteiger partial charge in [-0.3, -0.25) is 4.79 Å². The van der Waals surface area contributed by atoms with Gasteiger partial charge in [0.15, 0.2) is 0 Å². The number of fused-ring (bicyclic) bond motifs is 2. The molecule has 2 bridgehead atoms. The molecule has 1 amide bonds. The van der Waals surface area contributed by atoms with Gasteiger partial charge in [-0.15, -0.1) is 13.2 Å². The average Bonchev–Trinajstić information content (AvgIpc) is 2.75. The van der Waals surface area contributed by atoms with Crippen LogP contribution in [0.15, 0.2) is 24.8 Å². The van der Waals surface area contributed by atoms with E-state index in [2.05, 4.69) is 28.6 Å². The molecule has 0 radical (unpaired) electrons. The van der Waals surface area contributed by atoms with Crippen molar-refractivity contribution in [3.05, 3.63) is 30.3 Å². The van der Waals surface area contributed by atoms with Crippen LogP contribution in [0.25, 0.3) is 5.57 Å². The van der Waals surface area contributed by atoms with Gasteiger partial charge in [-0.1, -0.05) is 6.58 Å². The first-order valence-corrected chi connectivity index (χ1v) is 8.51. The highest BCUT2D eigenvalue weighted by Crippen LogP contribution is 2.35. The van der Waals surface area contributed by atoms with E-state index < -0.39 is 12.1 Å². The van der Waals surface area contributed by atoms with Crippen LogP contribution >= 0.6 is 0 Å². The first-order valence-electron chi connectivity index (χ1n) is 8.51. The summed E-state index contributed by atoms with van der Waals surface area (Å²) < 4.78 is 40.6. The molecule has 0 saturated carbocycles. The van der Waals surface area contributed by atoms with Gasteiger partial charge in [0.1, 0.15) is 5.75 Å². The summed E-state index contributed by atoms with van der Waals surface area (Å²) in [5, 5.41) is 2.99. The van der Waals surface area contributed by atoms with E-state index in [4.69, 9.17) is 5.73 Å². The Hall–Kier alpha value is -2.22. The van der Waals surface area contributed by atoms with Gasteiger partial charge in [0.25, 0.3) is 5.91 Å². The number of nitrogen functional groups attached to an aromatic ring is 1. The van der Waals surface area contributed by atoms with Crippen LogP contribution in [0.5, 0.6) is 5.75 Å². The number of halogens is 3. The lowest BCUT2D eigenvalue weighted by atomic mass is 9.97. The average molecular weight is 369 g/mol. The molecule has 3 rings (SSSR count). The molecule has 142 valence electrons. The lowest BCUT2D eigenvalue weighted by Gasteiger charge is -2.36. The van der Waals surface area contributed by atoms with E-state index in [1.165, 1.54) is 6.07 Å². The molecule has 8 heteroatoms. The second kappa shape index (κ2) is 6.83. The Morgan fingerprint density at radius 1 is 1.31 bits per heavy atom. The van der Waals surface area contributed by atoms with Crippen LogP contribution in [0.2, 0.25) is 0 Å². The van der Waals surface area contributed by atoms with Crippen molar-refractivity contribution < 1.29 is 22.7 Å². The van der Waals surface area contributed by atoms with Gasteiger partial charge in [-0.05, 0) is 44.9 Å². The fourth-order valence-corrected chi connectivity index (χ4v) is 3.94. The van der Waals surface area contributed by atoms with E-state index in [0.717, 1.165) is 37.8 Å². The summed E-state index contributed by atoms with van der Waals surface area (Å²) in [5.74, 6) is -0.783. The van der Waals surface area contributed by atoms with Crippen molar-refractivity contribution >= 4 is 17.2 Å². The maximum atomic E-state index is 12.5. The minimum atomic E-state index is -4.80. The lowest BCUT2D eigenvalue weighted by Crippen LogP contribution is -2.48. The van der Waals surface area contributed by atoms with E-state index in [1.54, 1.807) is 0 Å². The quantitative estimate of drug-likeness (QED) is 0.633. The number of nitrogens with one attached hydrogen (secondary N) is 1. The molecule has 2 aliphatic heterocycles. The third kappa shape index (κ3) is 3.95. The number of hydrogen-bond acceptors (Lipinski definition) is 4. The van der Waals surface area contributed by atoms with E-state index in [9.17, 15) is 18.0 Å². The van der Waals surface area contributed by atoms with Crippen molar-refractivity contribution in [1.29, 1.82) is 0 Å². The lowest BCUT2D eigenvalue weighted by molar-refractivity contribution is -0.274. The molecule has 2 aliphatic rings.